The van der Waals surface area contributed by atoms with Crippen molar-refractivity contribution < 1.29 is 39.3 Å². The third-order valence-corrected chi connectivity index (χ3v) is 5.39. The minimum Gasteiger partial charge on any atom is -0.508 e. The number of benzene rings is 2. The number of carbonyl (C=O) groups excluding carboxylic acids is 3. The van der Waals surface area contributed by atoms with Gasteiger partial charge in [0, 0.05) is 12.8 Å². The molecule has 0 aliphatic rings. The minimum absolute atomic E-state index is 0.00829. The zero-order valence-electron chi connectivity index (χ0n) is 20.1. The molecule has 0 aliphatic heterocycles. The van der Waals surface area contributed by atoms with Crippen LogP contribution in [0.2, 0.25) is 0 Å². The van der Waals surface area contributed by atoms with Gasteiger partial charge in [-0.15, -0.1) is 0 Å². The van der Waals surface area contributed by atoms with Gasteiger partial charge in [0.25, 0.3) is 0 Å². The summed E-state index contributed by atoms with van der Waals surface area (Å²) in [4.78, 5) is 60.6. The number of aliphatic carboxylic acids is 2. The first-order chi connectivity index (χ1) is 17.5. The molecule has 2 aromatic rings. The number of carbonyl (C=O) groups is 5. The topological polar surface area (TPSA) is 208 Å². The maximum Gasteiger partial charge on any atom is 0.326 e. The van der Waals surface area contributed by atoms with Crippen molar-refractivity contribution in [1.82, 2.24) is 16.0 Å². The Balaban J connectivity index is 2.10. The molecule has 37 heavy (non-hydrogen) atoms. The third-order valence-electron chi connectivity index (χ3n) is 5.39. The largest absolute Gasteiger partial charge is 0.508 e. The van der Waals surface area contributed by atoms with E-state index < -0.39 is 60.2 Å². The average Bonchev–Trinajstić information content (AvgIpc) is 2.84. The number of nitrogens with one attached hydrogen (secondary N) is 3. The number of aromatic hydroxyl groups is 1. The van der Waals surface area contributed by atoms with Crippen molar-refractivity contribution in [2.24, 2.45) is 5.73 Å². The van der Waals surface area contributed by atoms with E-state index in [1.165, 1.54) is 31.2 Å². The number of hydrogen-bond acceptors (Lipinski definition) is 7. The highest BCUT2D eigenvalue weighted by Gasteiger charge is 2.29. The van der Waals surface area contributed by atoms with Crippen LogP contribution in [0.3, 0.4) is 0 Å². The predicted molar refractivity (Wildman–Crippen MR) is 131 cm³/mol. The van der Waals surface area contributed by atoms with E-state index in [1.807, 2.05) is 0 Å². The molecule has 0 heterocycles. The van der Waals surface area contributed by atoms with Crippen LogP contribution in [0.25, 0.3) is 0 Å². The number of carboxylic acid groups (broad SMARTS) is 2. The van der Waals surface area contributed by atoms with E-state index in [2.05, 4.69) is 16.0 Å². The molecule has 0 spiro atoms. The lowest BCUT2D eigenvalue weighted by atomic mass is 10.0. The summed E-state index contributed by atoms with van der Waals surface area (Å²) in [5.74, 6) is -4.97. The van der Waals surface area contributed by atoms with Gasteiger partial charge in [0.05, 0.1) is 12.5 Å². The lowest BCUT2D eigenvalue weighted by Gasteiger charge is -2.23. The normalized spacial score (nSPS) is 13.9. The molecule has 0 aliphatic carbocycles. The molecule has 0 bridgehead atoms. The Morgan fingerprint density at radius 2 is 1.30 bits per heavy atom. The van der Waals surface area contributed by atoms with Gasteiger partial charge in [0.1, 0.15) is 23.9 Å². The van der Waals surface area contributed by atoms with Crippen LogP contribution in [0.15, 0.2) is 54.6 Å². The Kier molecular flexibility index (Phi) is 10.6. The van der Waals surface area contributed by atoms with Crippen LogP contribution in [0.4, 0.5) is 0 Å². The van der Waals surface area contributed by atoms with E-state index in [1.54, 1.807) is 30.3 Å². The highest BCUT2D eigenvalue weighted by molar-refractivity contribution is 5.94. The summed E-state index contributed by atoms with van der Waals surface area (Å²) in [6.45, 7) is 1.35. The maximum absolute atomic E-state index is 13.0. The lowest BCUT2D eigenvalue weighted by Crippen LogP contribution is -2.57. The average molecular weight is 515 g/mol. The number of phenols is 1. The monoisotopic (exact) mass is 514 g/mol. The van der Waals surface area contributed by atoms with E-state index in [4.69, 9.17) is 10.8 Å². The van der Waals surface area contributed by atoms with Crippen molar-refractivity contribution >= 4 is 29.7 Å². The van der Waals surface area contributed by atoms with Crippen molar-refractivity contribution in [2.75, 3.05) is 0 Å². The highest BCUT2D eigenvalue weighted by atomic mass is 16.4. The van der Waals surface area contributed by atoms with Crippen LogP contribution < -0.4 is 21.7 Å². The molecule has 0 fully saturated rings. The lowest BCUT2D eigenvalue weighted by molar-refractivity contribution is -0.142. The van der Waals surface area contributed by atoms with E-state index in [0.717, 1.165) is 0 Å². The van der Waals surface area contributed by atoms with Gasteiger partial charge in [-0.1, -0.05) is 42.5 Å². The standard InChI is InChI=1S/C25H30N4O8/c1-14(22(33)29-20(25(36)37)12-15-5-3-2-4-6-15)27-24(35)19(11-16-7-9-17(30)10-8-16)28-23(34)18(26)13-21(31)32/h2-10,14,18-20,30H,11-13,26H2,1H3,(H,27,35)(H,28,34)(H,29,33)(H,31,32)(H,36,37). The Morgan fingerprint density at radius 1 is 0.757 bits per heavy atom. The van der Waals surface area contributed by atoms with Crippen molar-refractivity contribution in [2.45, 2.75) is 50.4 Å². The number of nitrogens with two attached hydrogens (primary N) is 1. The molecule has 8 N–H and O–H groups in total. The van der Waals surface area contributed by atoms with Gasteiger partial charge >= 0.3 is 11.9 Å². The van der Waals surface area contributed by atoms with E-state index >= 15 is 0 Å². The molecular formula is C25H30N4O8. The third kappa shape index (κ3) is 9.61. The fraction of sp³-hybridized carbons (Fsp3) is 0.320. The van der Waals surface area contributed by atoms with Gasteiger partial charge in [0.15, 0.2) is 0 Å². The van der Waals surface area contributed by atoms with Gasteiger partial charge in [-0.3, -0.25) is 19.2 Å². The molecule has 3 amide bonds. The van der Waals surface area contributed by atoms with Crippen molar-refractivity contribution in [1.29, 1.82) is 0 Å². The highest BCUT2D eigenvalue weighted by Crippen LogP contribution is 2.12. The van der Waals surface area contributed by atoms with E-state index in [-0.39, 0.29) is 18.6 Å². The number of hydrogen-bond donors (Lipinski definition) is 7. The summed E-state index contributed by atoms with van der Waals surface area (Å²) in [7, 11) is 0. The predicted octanol–water partition coefficient (Wildman–Crippen LogP) is -0.462. The summed E-state index contributed by atoms with van der Waals surface area (Å²) < 4.78 is 0. The second kappa shape index (κ2) is 13.6. The number of carboxylic acids is 2. The Bertz CT molecular complexity index is 1110. The first kappa shape index (κ1) is 28.8. The van der Waals surface area contributed by atoms with E-state index in [9.17, 15) is 34.2 Å². The van der Waals surface area contributed by atoms with Crippen LogP contribution >= 0.6 is 0 Å². The summed E-state index contributed by atoms with van der Waals surface area (Å²) >= 11 is 0. The fourth-order valence-electron chi connectivity index (χ4n) is 3.36. The van der Waals surface area contributed by atoms with Gasteiger partial charge in [-0.05, 0) is 30.2 Å². The van der Waals surface area contributed by atoms with Crippen LogP contribution in [0, 0.1) is 0 Å². The smallest absolute Gasteiger partial charge is 0.326 e. The molecule has 12 heteroatoms. The molecule has 0 radical (unpaired) electrons. The zero-order valence-corrected chi connectivity index (χ0v) is 20.1. The molecule has 0 saturated carbocycles. The second-order valence-corrected chi connectivity index (χ2v) is 8.46. The second-order valence-electron chi connectivity index (χ2n) is 8.46. The quantitative estimate of drug-likeness (QED) is 0.184. The van der Waals surface area contributed by atoms with E-state index in [0.29, 0.717) is 11.1 Å². The van der Waals surface area contributed by atoms with Gasteiger partial charge < -0.3 is 37.0 Å². The molecule has 0 aromatic heterocycles. The fourth-order valence-corrected chi connectivity index (χ4v) is 3.36. The number of rotatable bonds is 13. The molecule has 2 aromatic carbocycles. The zero-order chi connectivity index (χ0) is 27.5. The molecular weight excluding hydrogens is 484 g/mol. The Labute approximate surface area is 212 Å². The first-order valence-electron chi connectivity index (χ1n) is 11.4. The summed E-state index contributed by atoms with van der Waals surface area (Å²) in [5, 5.41) is 35.1. The number of phenolic OH excluding ortho intramolecular Hbond substituents is 1. The molecule has 0 saturated heterocycles. The first-order valence-corrected chi connectivity index (χ1v) is 11.4. The molecule has 4 atom stereocenters. The Morgan fingerprint density at radius 3 is 1.86 bits per heavy atom. The minimum atomic E-state index is -1.41. The van der Waals surface area contributed by atoms with Crippen molar-refractivity contribution in [3.63, 3.8) is 0 Å². The maximum atomic E-state index is 13.0. The van der Waals surface area contributed by atoms with Crippen LogP contribution in [-0.4, -0.2) is 69.1 Å². The van der Waals surface area contributed by atoms with Crippen LogP contribution in [0.5, 0.6) is 5.75 Å². The molecule has 4 unspecified atom stereocenters. The van der Waals surface area contributed by atoms with Gasteiger partial charge in [0.2, 0.25) is 17.7 Å². The number of amides is 3. The molecule has 12 nitrogen and oxygen atoms in total. The summed E-state index contributed by atoms with van der Waals surface area (Å²) in [6.07, 6.45) is -0.683. The van der Waals surface area contributed by atoms with Crippen LogP contribution in [-0.2, 0) is 36.8 Å². The van der Waals surface area contributed by atoms with Crippen molar-refractivity contribution in [3.05, 3.63) is 65.7 Å². The Hall–Kier alpha value is -4.45. The molecule has 198 valence electrons. The van der Waals surface area contributed by atoms with Gasteiger partial charge in [-0.25, -0.2) is 4.79 Å². The summed E-state index contributed by atoms with van der Waals surface area (Å²) in [6, 6.07) is 9.45. The van der Waals surface area contributed by atoms with Gasteiger partial charge in [-0.2, -0.15) is 0 Å². The van der Waals surface area contributed by atoms with Crippen LogP contribution in [0.1, 0.15) is 24.5 Å². The SMILES string of the molecule is CC(NC(=O)C(Cc1ccc(O)cc1)NC(=O)C(N)CC(=O)O)C(=O)NC(Cc1ccccc1)C(=O)O. The summed E-state index contributed by atoms with van der Waals surface area (Å²) in [5.41, 5.74) is 6.85. The molecule has 2 rings (SSSR count). The van der Waals surface area contributed by atoms with Crippen molar-refractivity contribution in [3.8, 4) is 5.75 Å².